The van der Waals surface area contributed by atoms with Crippen molar-refractivity contribution < 1.29 is 17.9 Å². The van der Waals surface area contributed by atoms with Crippen molar-refractivity contribution in [2.45, 2.75) is 31.2 Å². The van der Waals surface area contributed by atoms with Crippen LogP contribution in [-0.4, -0.2) is 69.5 Å². The average molecular weight is 426 g/mol. The number of thiophene rings is 1. The van der Waals surface area contributed by atoms with Crippen LogP contribution in [0.1, 0.15) is 29.9 Å². The first-order valence-corrected chi connectivity index (χ1v) is 10.7. The lowest BCUT2D eigenvalue weighted by Crippen LogP contribution is -2.41. The van der Waals surface area contributed by atoms with Gasteiger partial charge in [0, 0.05) is 32.7 Å². The van der Waals surface area contributed by atoms with Gasteiger partial charge in [-0.1, -0.05) is 13.8 Å². The van der Waals surface area contributed by atoms with Crippen LogP contribution < -0.4 is 5.73 Å². The summed E-state index contributed by atoms with van der Waals surface area (Å²) in [6, 6.07) is 1.52. The number of ether oxygens (including phenoxy) is 1. The van der Waals surface area contributed by atoms with Crippen LogP contribution in [0.2, 0.25) is 0 Å². The summed E-state index contributed by atoms with van der Waals surface area (Å²) < 4.78 is 32.3. The molecule has 0 bridgehead atoms. The molecule has 0 aromatic carbocycles. The Balaban J connectivity index is 0.00000338. The minimum Gasteiger partial charge on any atom is -0.379 e. The monoisotopic (exact) mass is 425 g/mol. The summed E-state index contributed by atoms with van der Waals surface area (Å²) in [5.41, 5.74) is 6.03. The predicted octanol–water partition coefficient (Wildman–Crippen LogP) is 1.64. The first-order chi connectivity index (χ1) is 11.7. The number of hydrogen-bond donors (Lipinski definition) is 1. The molecule has 1 atom stereocenters. The van der Waals surface area contributed by atoms with Gasteiger partial charge in [0.25, 0.3) is 5.91 Å². The number of amides is 1. The quantitative estimate of drug-likeness (QED) is 0.716. The normalized spacial score (nSPS) is 17.0. The lowest BCUT2D eigenvalue weighted by molar-refractivity contribution is 0.0728. The van der Waals surface area contributed by atoms with E-state index >= 15 is 0 Å². The van der Waals surface area contributed by atoms with E-state index in [4.69, 9.17) is 10.5 Å². The van der Waals surface area contributed by atoms with Gasteiger partial charge in [0.2, 0.25) is 10.0 Å². The minimum atomic E-state index is -3.68. The van der Waals surface area contributed by atoms with Gasteiger partial charge in [-0.2, -0.15) is 4.31 Å². The maximum atomic E-state index is 12.8. The Labute approximate surface area is 165 Å². The van der Waals surface area contributed by atoms with E-state index in [2.05, 4.69) is 0 Å². The third-order valence-electron chi connectivity index (χ3n) is 4.41. The van der Waals surface area contributed by atoms with Crippen molar-refractivity contribution in [2.75, 3.05) is 39.9 Å². The Hall–Kier alpha value is -0.710. The average Bonchev–Trinajstić information content (AvgIpc) is 3.09. The predicted molar refractivity (Wildman–Crippen MR) is 106 cm³/mol. The zero-order valence-electron chi connectivity index (χ0n) is 15.4. The van der Waals surface area contributed by atoms with Crippen LogP contribution >= 0.6 is 23.7 Å². The molecule has 1 aliphatic heterocycles. The van der Waals surface area contributed by atoms with E-state index in [1.165, 1.54) is 10.4 Å². The lowest BCUT2D eigenvalue weighted by atomic mass is 10.0. The topological polar surface area (TPSA) is 92.9 Å². The molecule has 7 nitrogen and oxygen atoms in total. The van der Waals surface area contributed by atoms with Gasteiger partial charge in [-0.25, -0.2) is 8.42 Å². The second kappa shape index (κ2) is 10.0. The van der Waals surface area contributed by atoms with Crippen LogP contribution in [0.25, 0.3) is 0 Å². The fraction of sp³-hybridized carbons (Fsp3) is 0.688. The zero-order chi connectivity index (χ0) is 18.6. The van der Waals surface area contributed by atoms with Crippen molar-refractivity contribution >= 4 is 39.7 Å². The Kier molecular flexibility index (Phi) is 8.98. The first-order valence-electron chi connectivity index (χ1n) is 8.41. The van der Waals surface area contributed by atoms with Gasteiger partial charge in [-0.3, -0.25) is 4.79 Å². The van der Waals surface area contributed by atoms with Gasteiger partial charge in [0.1, 0.15) is 9.77 Å². The molecule has 26 heavy (non-hydrogen) atoms. The molecule has 0 spiro atoms. The Morgan fingerprint density at radius 2 is 2.00 bits per heavy atom. The summed E-state index contributed by atoms with van der Waals surface area (Å²) in [6.45, 7) is 5.94. The highest BCUT2D eigenvalue weighted by molar-refractivity contribution is 7.89. The molecular weight excluding hydrogens is 398 g/mol. The number of sulfonamides is 1. The highest BCUT2D eigenvalue weighted by atomic mass is 35.5. The van der Waals surface area contributed by atoms with Crippen LogP contribution in [0.5, 0.6) is 0 Å². The maximum Gasteiger partial charge on any atom is 0.265 e. The molecule has 1 unspecified atom stereocenters. The number of nitrogens with two attached hydrogens (primary N) is 1. The van der Waals surface area contributed by atoms with Gasteiger partial charge in [0.15, 0.2) is 0 Å². The minimum absolute atomic E-state index is 0. The highest BCUT2D eigenvalue weighted by Gasteiger charge is 2.32. The summed E-state index contributed by atoms with van der Waals surface area (Å²) >= 11 is 1.16. The van der Waals surface area contributed by atoms with Crippen LogP contribution in [0.3, 0.4) is 0 Å². The van der Waals surface area contributed by atoms with E-state index in [-0.39, 0.29) is 34.1 Å². The van der Waals surface area contributed by atoms with Crippen LogP contribution in [0.4, 0.5) is 0 Å². The molecule has 1 aromatic heterocycles. The molecule has 10 heteroatoms. The highest BCUT2D eigenvalue weighted by Crippen LogP contribution is 2.27. The number of morpholine rings is 1. The SMILES string of the molecule is CC(C)C(N)CCN(C)C(=O)c1sccc1S(=O)(=O)N1CCOCC1.Cl. The number of carbonyl (C=O) groups excluding carboxylic acids is 1. The molecule has 2 heterocycles. The fourth-order valence-electron chi connectivity index (χ4n) is 2.53. The molecule has 150 valence electrons. The Bertz CT molecular complexity index is 687. The zero-order valence-corrected chi connectivity index (χ0v) is 17.8. The molecule has 2 rings (SSSR count). The van der Waals surface area contributed by atoms with Crippen molar-refractivity contribution in [1.29, 1.82) is 0 Å². The molecule has 0 saturated carbocycles. The van der Waals surface area contributed by atoms with E-state index in [9.17, 15) is 13.2 Å². The molecule has 0 aliphatic carbocycles. The number of hydrogen-bond acceptors (Lipinski definition) is 6. The molecule has 1 fully saturated rings. The largest absolute Gasteiger partial charge is 0.379 e. The molecule has 1 aliphatic rings. The molecule has 1 saturated heterocycles. The number of carbonyl (C=O) groups is 1. The number of nitrogens with zero attached hydrogens (tertiary/aromatic N) is 2. The van der Waals surface area contributed by atoms with Crippen molar-refractivity contribution in [3.05, 3.63) is 16.3 Å². The van der Waals surface area contributed by atoms with Crippen molar-refractivity contribution in [2.24, 2.45) is 11.7 Å². The first kappa shape index (κ1) is 23.3. The molecular formula is C16H28ClN3O4S2. The fourth-order valence-corrected chi connectivity index (χ4v) is 5.33. The van der Waals surface area contributed by atoms with Crippen LogP contribution in [0.15, 0.2) is 16.3 Å². The molecule has 1 amide bonds. The van der Waals surface area contributed by atoms with E-state index in [0.29, 0.717) is 45.2 Å². The number of halogens is 1. The molecule has 1 aromatic rings. The third kappa shape index (κ3) is 5.40. The Morgan fingerprint density at radius 3 is 2.58 bits per heavy atom. The van der Waals surface area contributed by atoms with E-state index < -0.39 is 10.0 Å². The van der Waals surface area contributed by atoms with Crippen LogP contribution in [0, 0.1) is 5.92 Å². The summed E-state index contributed by atoms with van der Waals surface area (Å²) in [4.78, 5) is 14.6. The van der Waals surface area contributed by atoms with E-state index in [0.717, 1.165) is 11.3 Å². The third-order valence-corrected chi connectivity index (χ3v) is 7.38. The standard InChI is InChI=1S/C16H27N3O4S2.ClH/c1-12(2)13(17)4-6-18(3)16(20)15-14(5-11-24-15)25(21,22)19-7-9-23-10-8-19;/h5,11-13H,4,6-10,17H2,1-3H3;1H. The second-order valence-electron chi connectivity index (χ2n) is 6.55. The van der Waals surface area contributed by atoms with E-state index in [1.54, 1.807) is 17.3 Å². The van der Waals surface area contributed by atoms with E-state index in [1.807, 2.05) is 13.8 Å². The van der Waals surface area contributed by atoms with Crippen LogP contribution in [-0.2, 0) is 14.8 Å². The molecule has 2 N–H and O–H groups in total. The smallest absolute Gasteiger partial charge is 0.265 e. The summed E-state index contributed by atoms with van der Waals surface area (Å²) in [7, 11) is -2.00. The van der Waals surface area contributed by atoms with Gasteiger partial charge in [-0.15, -0.1) is 23.7 Å². The summed E-state index contributed by atoms with van der Waals surface area (Å²) in [5.74, 6) is 0.0558. The molecule has 0 radical (unpaired) electrons. The van der Waals surface area contributed by atoms with Gasteiger partial charge >= 0.3 is 0 Å². The van der Waals surface area contributed by atoms with Gasteiger partial charge in [0.05, 0.1) is 13.2 Å². The van der Waals surface area contributed by atoms with Crippen molar-refractivity contribution in [3.63, 3.8) is 0 Å². The van der Waals surface area contributed by atoms with Gasteiger partial charge < -0.3 is 15.4 Å². The maximum absolute atomic E-state index is 12.8. The van der Waals surface area contributed by atoms with Crippen molar-refractivity contribution in [3.8, 4) is 0 Å². The lowest BCUT2D eigenvalue weighted by Gasteiger charge is -2.26. The summed E-state index contributed by atoms with van der Waals surface area (Å²) in [6.07, 6.45) is 0.677. The Morgan fingerprint density at radius 1 is 1.38 bits per heavy atom. The number of rotatable bonds is 7. The second-order valence-corrected chi connectivity index (χ2v) is 9.38. The van der Waals surface area contributed by atoms with Gasteiger partial charge in [-0.05, 0) is 23.8 Å². The summed E-state index contributed by atoms with van der Waals surface area (Å²) in [5, 5.41) is 1.65. The van der Waals surface area contributed by atoms with Crippen molar-refractivity contribution in [1.82, 2.24) is 9.21 Å².